The van der Waals surface area contributed by atoms with Crippen molar-refractivity contribution < 1.29 is 32.9 Å². The predicted octanol–water partition coefficient (Wildman–Crippen LogP) is 11.0. The highest BCUT2D eigenvalue weighted by Gasteiger charge is 2.28. The molecule has 0 aliphatic heterocycles. The van der Waals surface area contributed by atoms with E-state index in [4.69, 9.17) is 9.05 Å². The summed E-state index contributed by atoms with van der Waals surface area (Å²) in [6, 6.07) is -0.750. The van der Waals surface area contributed by atoms with Crippen LogP contribution in [0.4, 0.5) is 0 Å². The summed E-state index contributed by atoms with van der Waals surface area (Å²) in [5, 5.41) is 13.8. The van der Waals surface area contributed by atoms with E-state index in [1.807, 2.05) is 21.1 Å². The normalized spacial score (nSPS) is 14.5. The first-order valence-corrected chi connectivity index (χ1v) is 22.4. The number of aliphatic hydroxyl groups excluding tert-OH is 1. The smallest absolute Gasteiger partial charge is 0.391 e. The lowest BCUT2D eigenvalue weighted by Crippen LogP contribution is -2.46. The minimum absolute atomic E-state index is 0.0775. The first-order valence-electron chi connectivity index (χ1n) is 20.9. The van der Waals surface area contributed by atoms with Crippen molar-refractivity contribution in [1.82, 2.24) is 5.32 Å². The fraction of sp³-hybridized carbons (Fsp3) is 0.975. The first kappa shape index (κ1) is 48.5. The number of phosphoric acid groups is 1. The Morgan fingerprint density at radius 3 is 1.37 bits per heavy atom. The van der Waals surface area contributed by atoms with Crippen LogP contribution < -0.4 is 5.32 Å². The molecule has 8 nitrogen and oxygen atoms in total. The van der Waals surface area contributed by atoms with E-state index < -0.39 is 20.0 Å². The van der Waals surface area contributed by atoms with Gasteiger partial charge in [-0.05, 0) is 12.8 Å². The SMILES string of the molecule is CCCCCCCCCCCCCCCCCCCCCCCC(=O)NC(COP(=O)(O)OCC[N+](C)(C)C)C(O)CCCCCCCC. The molecule has 0 aromatic heterocycles. The second-order valence-electron chi connectivity index (χ2n) is 15.7. The van der Waals surface area contributed by atoms with Crippen LogP contribution in [0, 0.1) is 0 Å². The van der Waals surface area contributed by atoms with E-state index in [1.165, 1.54) is 135 Å². The zero-order chi connectivity index (χ0) is 36.5. The summed E-state index contributed by atoms with van der Waals surface area (Å²) in [5.74, 6) is -0.146. The number of likely N-dealkylation sites (N-methyl/N-ethyl adjacent to an activating group) is 1. The molecule has 0 saturated heterocycles. The lowest BCUT2D eigenvalue weighted by molar-refractivity contribution is -0.870. The van der Waals surface area contributed by atoms with Crippen LogP contribution >= 0.6 is 7.82 Å². The summed E-state index contributed by atoms with van der Waals surface area (Å²) in [6.45, 7) is 4.83. The molecule has 0 rings (SSSR count). The highest BCUT2D eigenvalue weighted by Crippen LogP contribution is 2.43. The quantitative estimate of drug-likeness (QED) is 0.0333. The number of nitrogens with zero attached hydrogens (tertiary/aromatic N) is 1. The summed E-state index contributed by atoms with van der Waals surface area (Å²) in [7, 11) is 1.62. The first-order chi connectivity index (χ1) is 23.5. The van der Waals surface area contributed by atoms with E-state index in [0.717, 1.165) is 38.5 Å². The maximum atomic E-state index is 12.8. The van der Waals surface area contributed by atoms with Crippen molar-refractivity contribution >= 4 is 13.7 Å². The Balaban J connectivity index is 4.08. The van der Waals surface area contributed by atoms with Gasteiger partial charge in [0.2, 0.25) is 5.91 Å². The molecular weight excluding hydrogens is 635 g/mol. The van der Waals surface area contributed by atoms with Gasteiger partial charge in [0.05, 0.1) is 39.9 Å². The minimum atomic E-state index is -4.29. The number of hydrogen-bond donors (Lipinski definition) is 3. The number of phosphoric ester groups is 1. The maximum absolute atomic E-state index is 12.8. The van der Waals surface area contributed by atoms with Crippen molar-refractivity contribution in [1.29, 1.82) is 0 Å². The second-order valence-corrected chi connectivity index (χ2v) is 17.2. The highest BCUT2D eigenvalue weighted by molar-refractivity contribution is 7.47. The molecule has 0 heterocycles. The van der Waals surface area contributed by atoms with Gasteiger partial charge in [-0.2, -0.15) is 0 Å². The fourth-order valence-corrected chi connectivity index (χ4v) is 6.96. The summed E-state index contributed by atoms with van der Waals surface area (Å²) in [4.78, 5) is 22.9. The lowest BCUT2D eigenvalue weighted by Gasteiger charge is -2.26. The van der Waals surface area contributed by atoms with Gasteiger partial charge in [0, 0.05) is 6.42 Å². The molecule has 9 heteroatoms. The minimum Gasteiger partial charge on any atom is -0.391 e. The van der Waals surface area contributed by atoms with E-state index >= 15 is 0 Å². The monoisotopic (exact) mass is 720 g/mol. The van der Waals surface area contributed by atoms with Crippen LogP contribution in [0.3, 0.4) is 0 Å². The van der Waals surface area contributed by atoms with Crippen molar-refractivity contribution in [3.63, 3.8) is 0 Å². The third-order valence-corrected chi connectivity index (χ3v) is 10.6. The third-order valence-electron chi connectivity index (χ3n) is 9.61. The molecule has 0 saturated carbocycles. The van der Waals surface area contributed by atoms with Crippen LogP contribution in [0.1, 0.15) is 200 Å². The number of amides is 1. The van der Waals surface area contributed by atoms with Crippen molar-refractivity contribution in [2.45, 2.75) is 212 Å². The molecule has 3 N–H and O–H groups in total. The van der Waals surface area contributed by atoms with Crippen molar-refractivity contribution in [2.24, 2.45) is 0 Å². The molecule has 3 atom stereocenters. The summed E-state index contributed by atoms with van der Waals surface area (Å²) in [5.41, 5.74) is 0. The highest BCUT2D eigenvalue weighted by atomic mass is 31.2. The Hall–Kier alpha value is -0.500. The second kappa shape index (κ2) is 33.3. The molecule has 294 valence electrons. The number of hydrogen-bond acceptors (Lipinski definition) is 5. The molecule has 1 amide bonds. The van der Waals surface area contributed by atoms with Crippen LogP contribution in [0.15, 0.2) is 0 Å². The number of nitrogens with one attached hydrogen (secondary N) is 1. The van der Waals surface area contributed by atoms with E-state index in [0.29, 0.717) is 23.9 Å². The summed E-state index contributed by atoms with van der Waals surface area (Å²) in [6.07, 6.45) is 34.4. The predicted molar refractivity (Wildman–Crippen MR) is 208 cm³/mol. The molecule has 0 radical (unpaired) electrons. The largest absolute Gasteiger partial charge is 0.472 e. The number of unbranched alkanes of at least 4 members (excludes halogenated alkanes) is 25. The lowest BCUT2D eigenvalue weighted by atomic mass is 10.0. The summed E-state index contributed by atoms with van der Waals surface area (Å²) >= 11 is 0. The number of carbonyl (C=O) groups is 1. The average molecular weight is 720 g/mol. The van der Waals surface area contributed by atoms with Crippen LogP contribution in [-0.4, -0.2) is 73.4 Å². The Kier molecular flexibility index (Phi) is 33.0. The molecule has 0 fully saturated rings. The fourth-order valence-electron chi connectivity index (χ4n) is 6.22. The van der Waals surface area contributed by atoms with E-state index in [2.05, 4.69) is 19.2 Å². The molecular formula is C40H84N2O6P+. The summed E-state index contributed by atoms with van der Waals surface area (Å²) < 4.78 is 23.4. The van der Waals surface area contributed by atoms with E-state index in [9.17, 15) is 19.4 Å². The van der Waals surface area contributed by atoms with Crippen LogP contribution in [0.5, 0.6) is 0 Å². The molecule has 0 aromatic carbocycles. The zero-order valence-electron chi connectivity index (χ0n) is 33.2. The molecule has 49 heavy (non-hydrogen) atoms. The van der Waals surface area contributed by atoms with Crippen molar-refractivity contribution in [2.75, 3.05) is 40.9 Å². The van der Waals surface area contributed by atoms with Gasteiger partial charge in [-0.25, -0.2) is 4.57 Å². The average Bonchev–Trinajstić information content (AvgIpc) is 3.04. The van der Waals surface area contributed by atoms with Gasteiger partial charge in [-0.15, -0.1) is 0 Å². The Labute approximate surface area is 304 Å². The Morgan fingerprint density at radius 1 is 0.612 bits per heavy atom. The van der Waals surface area contributed by atoms with Gasteiger partial charge in [0.1, 0.15) is 13.2 Å². The van der Waals surface area contributed by atoms with E-state index in [1.54, 1.807) is 0 Å². The molecule has 3 unspecified atom stereocenters. The zero-order valence-corrected chi connectivity index (χ0v) is 34.1. The number of carbonyl (C=O) groups excluding carboxylic acids is 1. The van der Waals surface area contributed by atoms with Gasteiger partial charge in [-0.1, -0.05) is 181 Å². The van der Waals surface area contributed by atoms with Crippen LogP contribution in [0.2, 0.25) is 0 Å². The van der Waals surface area contributed by atoms with Crippen molar-refractivity contribution in [3.05, 3.63) is 0 Å². The van der Waals surface area contributed by atoms with Gasteiger partial charge >= 0.3 is 7.82 Å². The maximum Gasteiger partial charge on any atom is 0.472 e. The van der Waals surface area contributed by atoms with Crippen LogP contribution in [-0.2, 0) is 18.4 Å². The molecule has 0 spiro atoms. The molecule has 0 aliphatic rings. The van der Waals surface area contributed by atoms with Gasteiger partial charge in [0.15, 0.2) is 0 Å². The number of aliphatic hydroxyl groups is 1. The van der Waals surface area contributed by atoms with Gasteiger partial charge < -0.3 is 19.8 Å². The van der Waals surface area contributed by atoms with Gasteiger partial charge in [0.25, 0.3) is 0 Å². The Morgan fingerprint density at radius 2 is 0.980 bits per heavy atom. The molecule has 0 bridgehead atoms. The molecule has 0 aliphatic carbocycles. The van der Waals surface area contributed by atoms with Crippen LogP contribution in [0.25, 0.3) is 0 Å². The van der Waals surface area contributed by atoms with Gasteiger partial charge in [-0.3, -0.25) is 13.8 Å². The Bertz CT molecular complexity index is 778. The van der Waals surface area contributed by atoms with Crippen molar-refractivity contribution in [3.8, 4) is 0 Å². The number of rotatable bonds is 38. The third kappa shape index (κ3) is 35.7. The van der Waals surface area contributed by atoms with E-state index in [-0.39, 0.29) is 19.1 Å². The topological polar surface area (TPSA) is 105 Å². The standard InChI is InChI=1S/C40H83N2O6P/c1-6-8-10-12-14-15-16-17-18-19-20-21-22-23-24-25-26-27-28-30-32-34-40(44)41-38(39(43)33-31-29-13-11-9-7-2)37-48-49(45,46)47-36-35-42(3,4)5/h38-39,43H,6-37H2,1-5H3,(H-,41,44,45,46)/p+1. The number of quaternary nitrogens is 1. The molecule has 0 aromatic rings.